The monoisotopic (exact) mass is 321 g/mol. The molecule has 0 aliphatic carbocycles. The molecule has 1 saturated heterocycles. The highest BCUT2D eigenvalue weighted by Gasteiger charge is 2.32. The second-order valence-electron chi connectivity index (χ2n) is 5.94. The molecule has 5 heteroatoms. The van der Waals surface area contributed by atoms with Gasteiger partial charge in [-0.1, -0.05) is 6.92 Å². The van der Waals surface area contributed by atoms with E-state index in [0.29, 0.717) is 6.54 Å². The number of nitrogens with zero attached hydrogens (tertiary/aromatic N) is 1. The van der Waals surface area contributed by atoms with Crippen LogP contribution in [0, 0.1) is 5.92 Å². The van der Waals surface area contributed by atoms with Gasteiger partial charge in [0.2, 0.25) is 5.91 Å². The fraction of sp³-hybridized carbons (Fsp3) is 0.611. The Kier molecular flexibility index (Phi) is 6.28. The number of methoxy groups -OCH3 is 2. The van der Waals surface area contributed by atoms with Gasteiger partial charge in [-0.05, 0) is 31.4 Å². The molecule has 0 spiro atoms. The smallest absolute Gasteiger partial charge is 0.228 e. The molecular weight excluding hydrogens is 294 g/mol. The van der Waals surface area contributed by atoms with Crippen LogP contribution in [0.25, 0.3) is 0 Å². The summed E-state index contributed by atoms with van der Waals surface area (Å²) in [4.78, 5) is 14.5. The van der Waals surface area contributed by atoms with Crippen molar-refractivity contribution < 1.29 is 19.0 Å². The van der Waals surface area contributed by atoms with E-state index in [4.69, 9.17) is 14.2 Å². The Balaban J connectivity index is 2.08. The Labute approximate surface area is 138 Å². The zero-order chi connectivity index (χ0) is 16.8. The summed E-state index contributed by atoms with van der Waals surface area (Å²) in [6, 6.07) is 5.66. The number of carbonyl (C=O) groups excluding carboxylic acids is 1. The van der Waals surface area contributed by atoms with Crippen LogP contribution in [0.1, 0.15) is 31.7 Å². The number of hydrogen-bond donors (Lipinski definition) is 0. The van der Waals surface area contributed by atoms with Crippen LogP contribution >= 0.6 is 0 Å². The fourth-order valence-corrected chi connectivity index (χ4v) is 3.12. The van der Waals surface area contributed by atoms with Gasteiger partial charge in [-0.15, -0.1) is 0 Å². The van der Waals surface area contributed by atoms with Crippen LogP contribution in [0.4, 0.5) is 0 Å². The van der Waals surface area contributed by atoms with Gasteiger partial charge in [-0.2, -0.15) is 0 Å². The van der Waals surface area contributed by atoms with E-state index in [1.165, 1.54) is 0 Å². The SMILES string of the molecule is CC[C@@H]1OCCC[C@H]1C(=O)N(C)Cc1ccc(OC)cc1OC. The summed E-state index contributed by atoms with van der Waals surface area (Å²) >= 11 is 0. The van der Waals surface area contributed by atoms with E-state index >= 15 is 0 Å². The maximum atomic E-state index is 12.8. The fourth-order valence-electron chi connectivity index (χ4n) is 3.12. The number of ether oxygens (including phenoxy) is 3. The van der Waals surface area contributed by atoms with Crippen molar-refractivity contribution in [1.29, 1.82) is 0 Å². The lowest BCUT2D eigenvalue weighted by Gasteiger charge is -2.33. The summed E-state index contributed by atoms with van der Waals surface area (Å²) in [6.07, 6.45) is 2.76. The van der Waals surface area contributed by atoms with E-state index < -0.39 is 0 Å². The predicted molar refractivity (Wildman–Crippen MR) is 88.8 cm³/mol. The topological polar surface area (TPSA) is 48.0 Å². The van der Waals surface area contributed by atoms with E-state index in [-0.39, 0.29) is 17.9 Å². The molecule has 2 atom stereocenters. The molecule has 0 radical (unpaired) electrons. The van der Waals surface area contributed by atoms with Crippen molar-refractivity contribution >= 4 is 5.91 Å². The number of rotatable bonds is 6. The zero-order valence-electron chi connectivity index (χ0n) is 14.5. The Bertz CT molecular complexity index is 532. The van der Waals surface area contributed by atoms with Gasteiger partial charge in [0.1, 0.15) is 11.5 Å². The van der Waals surface area contributed by atoms with Crippen molar-refractivity contribution in [2.75, 3.05) is 27.9 Å². The van der Waals surface area contributed by atoms with Gasteiger partial charge in [0.05, 0.1) is 26.2 Å². The molecule has 0 saturated carbocycles. The van der Waals surface area contributed by atoms with Crippen LogP contribution in [-0.2, 0) is 16.1 Å². The average Bonchev–Trinajstić information content (AvgIpc) is 2.61. The van der Waals surface area contributed by atoms with Crippen LogP contribution in [0.2, 0.25) is 0 Å². The molecule has 1 aliphatic heterocycles. The molecule has 23 heavy (non-hydrogen) atoms. The molecule has 0 aromatic heterocycles. The second kappa shape index (κ2) is 8.20. The summed E-state index contributed by atoms with van der Waals surface area (Å²) in [5.74, 6) is 1.58. The third-order valence-electron chi connectivity index (χ3n) is 4.44. The lowest BCUT2D eigenvalue weighted by atomic mass is 9.91. The minimum atomic E-state index is -0.0389. The second-order valence-corrected chi connectivity index (χ2v) is 5.94. The van der Waals surface area contributed by atoms with Crippen LogP contribution in [-0.4, -0.2) is 44.8 Å². The normalized spacial score (nSPS) is 20.9. The first kappa shape index (κ1) is 17.6. The van der Waals surface area contributed by atoms with Gasteiger partial charge in [0, 0.05) is 31.8 Å². The summed E-state index contributed by atoms with van der Waals surface area (Å²) in [7, 11) is 5.09. The van der Waals surface area contributed by atoms with Gasteiger partial charge in [-0.25, -0.2) is 0 Å². The first-order valence-corrected chi connectivity index (χ1v) is 8.18. The number of hydrogen-bond acceptors (Lipinski definition) is 4. The molecule has 128 valence electrons. The lowest BCUT2D eigenvalue weighted by molar-refractivity contribution is -0.144. The Morgan fingerprint density at radius 1 is 1.35 bits per heavy atom. The molecule has 1 aliphatic rings. The summed E-state index contributed by atoms with van der Waals surface area (Å²) < 4.78 is 16.4. The van der Waals surface area contributed by atoms with Crippen molar-refractivity contribution in [1.82, 2.24) is 4.90 Å². The first-order valence-electron chi connectivity index (χ1n) is 8.18. The Morgan fingerprint density at radius 2 is 2.13 bits per heavy atom. The van der Waals surface area contributed by atoms with Gasteiger partial charge in [0.15, 0.2) is 0 Å². The molecule has 0 N–H and O–H groups in total. The van der Waals surface area contributed by atoms with Gasteiger partial charge in [0.25, 0.3) is 0 Å². The van der Waals surface area contributed by atoms with Crippen LogP contribution in [0.15, 0.2) is 18.2 Å². The van der Waals surface area contributed by atoms with Crippen molar-refractivity contribution in [2.24, 2.45) is 5.92 Å². The Hall–Kier alpha value is -1.75. The highest BCUT2D eigenvalue weighted by atomic mass is 16.5. The van der Waals surface area contributed by atoms with E-state index in [1.54, 1.807) is 19.1 Å². The molecule has 1 amide bonds. The molecular formula is C18H27NO4. The summed E-state index contributed by atoms with van der Waals surface area (Å²) in [6.45, 7) is 3.35. The molecule has 5 nitrogen and oxygen atoms in total. The number of amides is 1. The minimum absolute atomic E-state index is 0.0384. The molecule has 2 rings (SSSR count). The first-order chi connectivity index (χ1) is 11.1. The summed E-state index contributed by atoms with van der Waals surface area (Å²) in [5, 5.41) is 0. The Morgan fingerprint density at radius 3 is 2.78 bits per heavy atom. The van der Waals surface area contributed by atoms with Gasteiger partial charge in [-0.3, -0.25) is 4.79 Å². The molecule has 0 bridgehead atoms. The van der Waals surface area contributed by atoms with Crippen molar-refractivity contribution in [3.63, 3.8) is 0 Å². The number of carbonyl (C=O) groups is 1. The minimum Gasteiger partial charge on any atom is -0.497 e. The van der Waals surface area contributed by atoms with E-state index in [0.717, 1.165) is 42.9 Å². The highest BCUT2D eigenvalue weighted by molar-refractivity contribution is 5.79. The summed E-state index contributed by atoms with van der Waals surface area (Å²) in [5.41, 5.74) is 0.967. The van der Waals surface area contributed by atoms with Crippen LogP contribution < -0.4 is 9.47 Å². The zero-order valence-corrected chi connectivity index (χ0v) is 14.5. The van der Waals surface area contributed by atoms with Crippen molar-refractivity contribution in [3.8, 4) is 11.5 Å². The molecule has 1 aromatic carbocycles. The third kappa shape index (κ3) is 4.16. The van der Waals surface area contributed by atoms with Crippen molar-refractivity contribution in [2.45, 2.75) is 38.8 Å². The quantitative estimate of drug-likeness (QED) is 0.808. The maximum Gasteiger partial charge on any atom is 0.228 e. The van der Waals surface area contributed by atoms with E-state index in [9.17, 15) is 4.79 Å². The molecule has 1 heterocycles. The number of benzene rings is 1. The van der Waals surface area contributed by atoms with Gasteiger partial charge < -0.3 is 19.1 Å². The molecule has 0 unspecified atom stereocenters. The van der Waals surface area contributed by atoms with E-state index in [1.807, 2.05) is 25.2 Å². The third-order valence-corrected chi connectivity index (χ3v) is 4.44. The highest BCUT2D eigenvalue weighted by Crippen LogP contribution is 2.28. The standard InChI is InChI=1S/C18H27NO4/c1-5-16-15(7-6-10-23-16)18(20)19(2)12-13-8-9-14(21-3)11-17(13)22-4/h8-9,11,15-16H,5-7,10,12H2,1-4H3/t15-,16+/m1/s1. The van der Waals surface area contributed by atoms with Crippen LogP contribution in [0.3, 0.4) is 0 Å². The maximum absolute atomic E-state index is 12.8. The molecule has 1 fully saturated rings. The lowest BCUT2D eigenvalue weighted by Crippen LogP contribution is -2.42. The average molecular weight is 321 g/mol. The van der Waals surface area contributed by atoms with Crippen molar-refractivity contribution in [3.05, 3.63) is 23.8 Å². The van der Waals surface area contributed by atoms with Crippen LogP contribution in [0.5, 0.6) is 11.5 Å². The largest absolute Gasteiger partial charge is 0.497 e. The van der Waals surface area contributed by atoms with Gasteiger partial charge >= 0.3 is 0 Å². The van der Waals surface area contributed by atoms with E-state index in [2.05, 4.69) is 6.92 Å². The predicted octanol–water partition coefficient (Wildman–Crippen LogP) is 2.87. The molecule has 1 aromatic rings.